The minimum Gasteiger partial charge on any atom is -0.469 e. The van der Waals surface area contributed by atoms with Gasteiger partial charge in [0.15, 0.2) is 6.61 Å². The summed E-state index contributed by atoms with van der Waals surface area (Å²) in [5, 5.41) is 5.06. The number of esters is 1. The summed E-state index contributed by atoms with van der Waals surface area (Å²) in [6.45, 7) is 3.24. The Labute approximate surface area is 145 Å². The summed E-state index contributed by atoms with van der Waals surface area (Å²) in [4.78, 5) is 24.0. The van der Waals surface area contributed by atoms with E-state index in [2.05, 4.69) is 5.32 Å². The fraction of sp³-hybridized carbons (Fsp3) is 0.200. The van der Waals surface area contributed by atoms with Crippen molar-refractivity contribution in [3.8, 4) is 0 Å². The first kappa shape index (κ1) is 16.8. The van der Waals surface area contributed by atoms with Crippen LogP contribution in [0, 0.1) is 6.92 Å². The molecule has 0 fully saturated rings. The maximum atomic E-state index is 12.1. The zero-order valence-electron chi connectivity index (χ0n) is 14.1. The van der Waals surface area contributed by atoms with Crippen molar-refractivity contribution in [3.05, 3.63) is 71.7 Å². The van der Waals surface area contributed by atoms with Crippen molar-refractivity contribution in [2.75, 3.05) is 6.61 Å². The Balaban J connectivity index is 1.62. The molecule has 3 aromatic rings. The molecule has 0 bridgehead atoms. The number of amides is 1. The van der Waals surface area contributed by atoms with Gasteiger partial charge in [-0.2, -0.15) is 0 Å². The molecule has 0 aliphatic carbocycles. The Kier molecular flexibility index (Phi) is 4.84. The normalized spacial score (nSPS) is 11.9. The lowest BCUT2D eigenvalue weighted by molar-refractivity contribution is -0.124. The number of rotatable bonds is 5. The van der Waals surface area contributed by atoms with Crippen LogP contribution in [0.25, 0.3) is 10.8 Å². The molecule has 5 nitrogen and oxygen atoms in total. The van der Waals surface area contributed by atoms with Crippen molar-refractivity contribution in [1.82, 2.24) is 5.32 Å². The van der Waals surface area contributed by atoms with E-state index in [-0.39, 0.29) is 18.6 Å². The molecule has 3 rings (SSSR count). The first-order valence-electron chi connectivity index (χ1n) is 8.04. The molecule has 1 aromatic heterocycles. The second-order valence-corrected chi connectivity index (χ2v) is 5.82. The van der Waals surface area contributed by atoms with Crippen LogP contribution >= 0.6 is 0 Å². The van der Waals surface area contributed by atoms with Crippen LogP contribution in [0.3, 0.4) is 0 Å². The second kappa shape index (κ2) is 7.21. The van der Waals surface area contributed by atoms with Crippen molar-refractivity contribution in [3.63, 3.8) is 0 Å². The van der Waals surface area contributed by atoms with Crippen LogP contribution in [-0.2, 0) is 9.53 Å². The quantitative estimate of drug-likeness (QED) is 0.720. The van der Waals surface area contributed by atoms with Gasteiger partial charge in [-0.05, 0) is 36.2 Å². The fourth-order valence-electron chi connectivity index (χ4n) is 2.79. The standard InChI is InChI=1S/C20H19NO4/c1-13(16-9-5-7-15-6-3-4-8-18(15)16)21-19(22)12-25-20(23)17-10-11-24-14(17)2/h3-11,13H,12H2,1-2H3,(H,21,22)/t13-/m0/s1. The summed E-state index contributed by atoms with van der Waals surface area (Å²) in [5.74, 6) is -0.455. The number of benzene rings is 2. The van der Waals surface area contributed by atoms with Crippen LogP contribution in [0.4, 0.5) is 0 Å². The molecule has 1 N–H and O–H groups in total. The van der Waals surface area contributed by atoms with Crippen LogP contribution in [-0.4, -0.2) is 18.5 Å². The van der Waals surface area contributed by atoms with E-state index in [9.17, 15) is 9.59 Å². The highest BCUT2D eigenvalue weighted by molar-refractivity contribution is 5.92. The molecule has 0 spiro atoms. The lowest BCUT2D eigenvalue weighted by Gasteiger charge is -2.16. The highest BCUT2D eigenvalue weighted by Crippen LogP contribution is 2.23. The molecule has 5 heteroatoms. The van der Waals surface area contributed by atoms with Gasteiger partial charge in [0.2, 0.25) is 0 Å². The van der Waals surface area contributed by atoms with E-state index < -0.39 is 5.97 Å². The summed E-state index contributed by atoms with van der Waals surface area (Å²) < 4.78 is 10.1. The summed E-state index contributed by atoms with van der Waals surface area (Å²) in [6, 6.07) is 15.3. The third-order valence-corrected chi connectivity index (χ3v) is 4.08. The molecule has 2 aromatic carbocycles. The van der Waals surface area contributed by atoms with Crippen molar-refractivity contribution in [2.24, 2.45) is 0 Å². The largest absolute Gasteiger partial charge is 0.469 e. The molecule has 0 saturated heterocycles. The molecule has 0 aliphatic rings. The summed E-state index contributed by atoms with van der Waals surface area (Å²) >= 11 is 0. The van der Waals surface area contributed by atoms with Crippen molar-refractivity contribution in [1.29, 1.82) is 0 Å². The van der Waals surface area contributed by atoms with Crippen LogP contribution in [0.5, 0.6) is 0 Å². The number of nitrogens with one attached hydrogen (secondary N) is 1. The number of hydrogen-bond acceptors (Lipinski definition) is 4. The number of aryl methyl sites for hydroxylation is 1. The van der Waals surface area contributed by atoms with E-state index in [1.807, 2.05) is 49.4 Å². The smallest absolute Gasteiger partial charge is 0.342 e. The van der Waals surface area contributed by atoms with Gasteiger partial charge in [-0.1, -0.05) is 42.5 Å². The molecule has 128 valence electrons. The van der Waals surface area contributed by atoms with Gasteiger partial charge in [-0.25, -0.2) is 4.79 Å². The first-order chi connectivity index (χ1) is 12.1. The molecule has 0 aliphatic heterocycles. The lowest BCUT2D eigenvalue weighted by atomic mass is 10.00. The number of hydrogen-bond donors (Lipinski definition) is 1. The van der Waals surface area contributed by atoms with E-state index in [1.165, 1.54) is 12.3 Å². The third-order valence-electron chi connectivity index (χ3n) is 4.08. The Morgan fingerprint density at radius 1 is 1.12 bits per heavy atom. The molecule has 0 unspecified atom stereocenters. The number of furan rings is 1. The summed E-state index contributed by atoms with van der Waals surface area (Å²) in [7, 11) is 0. The highest BCUT2D eigenvalue weighted by atomic mass is 16.5. The van der Waals surface area contributed by atoms with Gasteiger partial charge in [0, 0.05) is 0 Å². The van der Waals surface area contributed by atoms with Crippen molar-refractivity contribution in [2.45, 2.75) is 19.9 Å². The van der Waals surface area contributed by atoms with Crippen LogP contribution in [0.15, 0.2) is 59.2 Å². The average Bonchev–Trinajstić information content (AvgIpc) is 3.05. The average molecular weight is 337 g/mol. The van der Waals surface area contributed by atoms with Gasteiger partial charge in [-0.3, -0.25) is 4.79 Å². The van der Waals surface area contributed by atoms with Gasteiger partial charge < -0.3 is 14.5 Å². The molecule has 0 radical (unpaired) electrons. The summed E-state index contributed by atoms with van der Waals surface area (Å²) in [6.07, 6.45) is 1.41. The van der Waals surface area contributed by atoms with Crippen molar-refractivity contribution < 1.29 is 18.7 Å². The van der Waals surface area contributed by atoms with E-state index in [0.29, 0.717) is 11.3 Å². The zero-order chi connectivity index (χ0) is 17.8. The van der Waals surface area contributed by atoms with Crippen molar-refractivity contribution >= 4 is 22.6 Å². The van der Waals surface area contributed by atoms with Gasteiger partial charge in [0.1, 0.15) is 11.3 Å². The molecule has 1 heterocycles. The maximum absolute atomic E-state index is 12.1. The predicted molar refractivity (Wildman–Crippen MR) is 94.2 cm³/mol. The zero-order valence-corrected chi connectivity index (χ0v) is 14.1. The maximum Gasteiger partial charge on any atom is 0.342 e. The number of carbonyl (C=O) groups is 2. The van der Waals surface area contributed by atoms with Gasteiger partial charge in [0.25, 0.3) is 5.91 Å². The first-order valence-corrected chi connectivity index (χ1v) is 8.04. The van der Waals surface area contributed by atoms with E-state index in [0.717, 1.165) is 16.3 Å². The molecule has 25 heavy (non-hydrogen) atoms. The van der Waals surface area contributed by atoms with Gasteiger partial charge in [0.05, 0.1) is 12.3 Å². The van der Waals surface area contributed by atoms with Crippen LogP contribution in [0.1, 0.15) is 34.6 Å². The minimum absolute atomic E-state index is 0.201. The SMILES string of the molecule is Cc1occc1C(=O)OCC(=O)N[C@@H](C)c1cccc2ccccc12. The number of ether oxygens (including phenoxy) is 1. The Morgan fingerprint density at radius 2 is 1.88 bits per heavy atom. The molecule has 1 atom stereocenters. The fourth-order valence-corrected chi connectivity index (χ4v) is 2.79. The second-order valence-electron chi connectivity index (χ2n) is 5.82. The highest BCUT2D eigenvalue weighted by Gasteiger charge is 2.16. The predicted octanol–water partition coefficient (Wildman–Crippen LogP) is 3.78. The van der Waals surface area contributed by atoms with E-state index in [1.54, 1.807) is 6.92 Å². The molecule has 1 amide bonds. The third kappa shape index (κ3) is 3.71. The minimum atomic E-state index is -0.570. The topological polar surface area (TPSA) is 68.5 Å². The Morgan fingerprint density at radius 3 is 2.64 bits per heavy atom. The molecular formula is C20H19NO4. The Hall–Kier alpha value is -3.08. The van der Waals surface area contributed by atoms with E-state index in [4.69, 9.17) is 9.15 Å². The summed E-state index contributed by atoms with van der Waals surface area (Å²) in [5.41, 5.74) is 1.35. The van der Waals surface area contributed by atoms with Gasteiger partial charge in [-0.15, -0.1) is 0 Å². The number of carbonyl (C=O) groups excluding carboxylic acids is 2. The van der Waals surface area contributed by atoms with E-state index >= 15 is 0 Å². The Bertz CT molecular complexity index is 907. The number of fused-ring (bicyclic) bond motifs is 1. The molecular weight excluding hydrogens is 318 g/mol. The van der Waals surface area contributed by atoms with Crippen LogP contribution < -0.4 is 5.32 Å². The lowest BCUT2D eigenvalue weighted by Crippen LogP contribution is -2.31. The monoisotopic (exact) mass is 337 g/mol. The van der Waals surface area contributed by atoms with Gasteiger partial charge >= 0.3 is 5.97 Å². The molecule has 0 saturated carbocycles. The van der Waals surface area contributed by atoms with Crippen LogP contribution in [0.2, 0.25) is 0 Å².